The van der Waals surface area contributed by atoms with E-state index in [-0.39, 0.29) is 11.7 Å². The summed E-state index contributed by atoms with van der Waals surface area (Å²) in [6, 6.07) is 4.80. The number of halogens is 1. The first-order chi connectivity index (χ1) is 9.46. The molecule has 1 aromatic rings. The van der Waals surface area contributed by atoms with Crippen molar-refractivity contribution < 1.29 is 9.18 Å². The molecule has 1 amide bonds. The smallest absolute Gasteiger partial charge is 0.225 e. The molecular weight excluding hydrogens is 257 g/mol. The molecule has 1 saturated heterocycles. The van der Waals surface area contributed by atoms with Gasteiger partial charge in [-0.2, -0.15) is 0 Å². The van der Waals surface area contributed by atoms with Gasteiger partial charge in [-0.15, -0.1) is 0 Å². The van der Waals surface area contributed by atoms with Crippen LogP contribution in [0.1, 0.15) is 25.8 Å². The molecule has 0 aliphatic carbocycles. The highest BCUT2D eigenvalue weighted by molar-refractivity contribution is 5.82. The number of nitrogens with zero attached hydrogens (tertiary/aromatic N) is 1. The Morgan fingerprint density at radius 3 is 2.90 bits per heavy atom. The molecule has 5 heteroatoms. The Morgan fingerprint density at radius 1 is 1.55 bits per heavy atom. The first kappa shape index (κ1) is 14.8. The lowest BCUT2D eigenvalue weighted by molar-refractivity contribution is -0.125. The molecular formula is C15H22FN3O. The summed E-state index contributed by atoms with van der Waals surface area (Å²) in [5.74, 6) is -0.506. The van der Waals surface area contributed by atoms with Gasteiger partial charge in [0.1, 0.15) is 5.82 Å². The molecule has 1 heterocycles. The Kier molecular flexibility index (Phi) is 4.28. The monoisotopic (exact) mass is 279 g/mol. The third kappa shape index (κ3) is 2.93. The van der Waals surface area contributed by atoms with E-state index in [1.165, 1.54) is 6.07 Å². The first-order valence-electron chi connectivity index (χ1n) is 7.00. The number of nitrogens with two attached hydrogens (primary N) is 1. The van der Waals surface area contributed by atoms with Crippen molar-refractivity contribution in [1.82, 2.24) is 5.32 Å². The summed E-state index contributed by atoms with van der Waals surface area (Å²) in [7, 11) is 0. The number of anilines is 1. The second kappa shape index (κ2) is 5.79. The van der Waals surface area contributed by atoms with Crippen molar-refractivity contribution in [3.8, 4) is 0 Å². The molecule has 0 bridgehead atoms. The summed E-state index contributed by atoms with van der Waals surface area (Å²) in [5, 5.41) is 3.21. The number of hydrogen-bond acceptors (Lipinski definition) is 3. The van der Waals surface area contributed by atoms with E-state index in [1.807, 2.05) is 13.8 Å². The van der Waals surface area contributed by atoms with Crippen LogP contribution in [-0.2, 0) is 11.3 Å². The van der Waals surface area contributed by atoms with Crippen LogP contribution in [0.5, 0.6) is 0 Å². The van der Waals surface area contributed by atoms with E-state index in [9.17, 15) is 9.18 Å². The second-order valence-corrected chi connectivity index (χ2v) is 5.65. The molecule has 110 valence electrons. The summed E-state index contributed by atoms with van der Waals surface area (Å²) < 4.78 is 13.4. The zero-order valence-electron chi connectivity index (χ0n) is 12.1. The zero-order chi connectivity index (χ0) is 14.8. The predicted molar refractivity (Wildman–Crippen MR) is 77.9 cm³/mol. The molecule has 1 atom stereocenters. The summed E-state index contributed by atoms with van der Waals surface area (Å²) in [6.45, 7) is 6.71. The zero-order valence-corrected chi connectivity index (χ0v) is 12.1. The van der Waals surface area contributed by atoms with Gasteiger partial charge in [0.05, 0.1) is 5.41 Å². The van der Waals surface area contributed by atoms with Crippen LogP contribution in [0.25, 0.3) is 0 Å². The number of hydrogen-bond donors (Lipinski definition) is 2. The Hall–Kier alpha value is -1.62. The highest BCUT2D eigenvalue weighted by Gasteiger charge is 2.39. The van der Waals surface area contributed by atoms with Crippen LogP contribution in [-0.4, -0.2) is 25.5 Å². The van der Waals surface area contributed by atoms with Crippen LogP contribution in [0.2, 0.25) is 0 Å². The lowest BCUT2D eigenvalue weighted by atomic mass is 9.89. The van der Waals surface area contributed by atoms with Crippen molar-refractivity contribution in [2.45, 2.75) is 26.8 Å². The van der Waals surface area contributed by atoms with Crippen molar-refractivity contribution in [3.05, 3.63) is 29.6 Å². The predicted octanol–water partition coefficient (Wildman–Crippen LogP) is 1.64. The number of carbonyl (C=O) groups excluding carboxylic acids is 1. The van der Waals surface area contributed by atoms with E-state index < -0.39 is 5.41 Å². The van der Waals surface area contributed by atoms with Gasteiger partial charge in [-0.3, -0.25) is 4.79 Å². The Balaban J connectivity index is 2.23. The first-order valence-corrected chi connectivity index (χ1v) is 7.00. The van der Waals surface area contributed by atoms with E-state index >= 15 is 0 Å². The molecule has 1 aliphatic rings. The molecule has 4 nitrogen and oxygen atoms in total. The maximum atomic E-state index is 13.4. The van der Waals surface area contributed by atoms with Gasteiger partial charge in [0.2, 0.25) is 5.91 Å². The van der Waals surface area contributed by atoms with Crippen LogP contribution in [0, 0.1) is 11.2 Å². The molecule has 1 aliphatic heterocycles. The maximum absolute atomic E-state index is 13.4. The van der Waals surface area contributed by atoms with Crippen LogP contribution < -0.4 is 16.0 Å². The topological polar surface area (TPSA) is 58.4 Å². The van der Waals surface area contributed by atoms with E-state index in [1.54, 1.807) is 12.1 Å². The third-order valence-electron chi connectivity index (χ3n) is 4.02. The van der Waals surface area contributed by atoms with Gasteiger partial charge in [0, 0.05) is 25.3 Å². The number of benzene rings is 1. The van der Waals surface area contributed by atoms with Crippen molar-refractivity contribution in [3.63, 3.8) is 0 Å². The number of nitrogens with one attached hydrogen (secondary N) is 1. The molecule has 0 radical (unpaired) electrons. The van der Waals surface area contributed by atoms with Gasteiger partial charge in [-0.05, 0) is 43.7 Å². The Labute approximate surface area is 119 Å². The largest absolute Gasteiger partial charge is 0.370 e. The summed E-state index contributed by atoms with van der Waals surface area (Å²) >= 11 is 0. The lowest BCUT2D eigenvalue weighted by Gasteiger charge is -2.25. The summed E-state index contributed by atoms with van der Waals surface area (Å²) in [6.07, 6.45) is 0.736. The van der Waals surface area contributed by atoms with Crippen LogP contribution >= 0.6 is 0 Å². The van der Waals surface area contributed by atoms with Crippen LogP contribution in [0.4, 0.5) is 10.1 Å². The number of amides is 1. The quantitative estimate of drug-likeness (QED) is 0.861. The van der Waals surface area contributed by atoms with Crippen molar-refractivity contribution in [2.24, 2.45) is 11.1 Å². The standard InChI is InChI=1S/C15H22FN3O/c1-3-18-9-11-8-12(16)4-5-13(11)19-7-6-15(2,10-19)14(17)20/h4-5,8,18H,3,6-7,9-10H2,1-2H3,(H2,17,20). The number of primary amides is 1. The molecule has 20 heavy (non-hydrogen) atoms. The number of carbonyl (C=O) groups is 1. The minimum atomic E-state index is -0.496. The van der Waals surface area contributed by atoms with Crippen LogP contribution in [0.15, 0.2) is 18.2 Å². The maximum Gasteiger partial charge on any atom is 0.225 e. The van der Waals surface area contributed by atoms with Gasteiger partial charge in [0.15, 0.2) is 0 Å². The summed E-state index contributed by atoms with van der Waals surface area (Å²) in [4.78, 5) is 13.7. The van der Waals surface area contributed by atoms with Gasteiger partial charge in [0.25, 0.3) is 0 Å². The molecule has 0 aromatic heterocycles. The highest BCUT2D eigenvalue weighted by atomic mass is 19.1. The van der Waals surface area contributed by atoms with E-state index in [2.05, 4.69) is 10.2 Å². The van der Waals surface area contributed by atoms with Crippen molar-refractivity contribution in [2.75, 3.05) is 24.5 Å². The third-order valence-corrected chi connectivity index (χ3v) is 4.02. The van der Waals surface area contributed by atoms with E-state index in [4.69, 9.17) is 5.73 Å². The summed E-state index contributed by atoms with van der Waals surface area (Å²) in [5.41, 5.74) is 6.88. The Bertz CT molecular complexity index is 506. The van der Waals surface area contributed by atoms with Crippen molar-refractivity contribution in [1.29, 1.82) is 0 Å². The fraction of sp³-hybridized carbons (Fsp3) is 0.533. The Morgan fingerprint density at radius 2 is 2.30 bits per heavy atom. The molecule has 0 spiro atoms. The molecule has 2 rings (SSSR count). The normalized spacial score (nSPS) is 22.2. The molecule has 3 N–H and O–H groups in total. The molecule has 1 fully saturated rings. The fourth-order valence-corrected chi connectivity index (χ4v) is 2.63. The highest BCUT2D eigenvalue weighted by Crippen LogP contribution is 2.34. The van der Waals surface area contributed by atoms with Gasteiger partial charge in [-0.25, -0.2) is 4.39 Å². The number of rotatable bonds is 5. The van der Waals surface area contributed by atoms with E-state index in [0.29, 0.717) is 13.1 Å². The van der Waals surface area contributed by atoms with Gasteiger partial charge in [-0.1, -0.05) is 6.92 Å². The van der Waals surface area contributed by atoms with Gasteiger partial charge < -0.3 is 16.0 Å². The molecule has 1 aromatic carbocycles. The lowest BCUT2D eigenvalue weighted by Crippen LogP contribution is -2.37. The fourth-order valence-electron chi connectivity index (χ4n) is 2.63. The second-order valence-electron chi connectivity index (χ2n) is 5.65. The van der Waals surface area contributed by atoms with Crippen molar-refractivity contribution >= 4 is 11.6 Å². The average molecular weight is 279 g/mol. The SMILES string of the molecule is CCNCc1cc(F)ccc1N1CCC(C)(C(N)=O)C1. The minimum Gasteiger partial charge on any atom is -0.370 e. The average Bonchev–Trinajstić information content (AvgIpc) is 2.80. The molecule has 0 saturated carbocycles. The van der Waals surface area contributed by atoms with Gasteiger partial charge >= 0.3 is 0 Å². The molecule has 1 unspecified atom stereocenters. The minimum absolute atomic E-state index is 0.237. The van der Waals surface area contributed by atoms with E-state index in [0.717, 1.165) is 30.8 Å². The van der Waals surface area contributed by atoms with Crippen LogP contribution in [0.3, 0.4) is 0 Å².